The Kier molecular flexibility index (Phi) is 11.2. The van der Waals surface area contributed by atoms with Crippen LogP contribution in [-0.4, -0.2) is 38.3 Å². The number of ether oxygens (including phenoxy) is 1. The van der Waals surface area contributed by atoms with Gasteiger partial charge < -0.3 is 19.8 Å². The van der Waals surface area contributed by atoms with Crippen molar-refractivity contribution in [3.63, 3.8) is 0 Å². The fourth-order valence-electron chi connectivity index (χ4n) is 3.58. The van der Waals surface area contributed by atoms with E-state index in [1.807, 2.05) is 19.1 Å². The van der Waals surface area contributed by atoms with Crippen LogP contribution in [0.25, 0.3) is 0 Å². The van der Waals surface area contributed by atoms with Crippen LogP contribution in [0.15, 0.2) is 52.1 Å². The van der Waals surface area contributed by atoms with Crippen molar-refractivity contribution in [2.45, 2.75) is 51.5 Å². The number of rotatable bonds is 10. The van der Waals surface area contributed by atoms with Gasteiger partial charge in [0.1, 0.15) is 5.76 Å². The quantitative estimate of drug-likeness (QED) is 0.216. The number of guanidine groups is 1. The summed E-state index contributed by atoms with van der Waals surface area (Å²) in [6.07, 6.45) is 7.99. The molecule has 5 nitrogen and oxygen atoms in total. The molecule has 160 valence electrons. The van der Waals surface area contributed by atoms with E-state index in [1.54, 1.807) is 6.26 Å². The number of hydrogen-bond acceptors (Lipinski definition) is 3. The molecular formula is C23H34IN3O2. The maximum absolute atomic E-state index is 5.43. The monoisotopic (exact) mass is 511 g/mol. The number of aryl methyl sites for hydroxylation is 1. The van der Waals surface area contributed by atoms with E-state index >= 15 is 0 Å². The summed E-state index contributed by atoms with van der Waals surface area (Å²) in [5, 5.41) is 7.14. The SMILES string of the molecule is CCOCCCCN=C(NCCc1ccco1)NC1CCc2ccccc2C1.I. The number of unbranched alkanes of at least 4 members (excludes halogenated alkanes) is 1. The van der Waals surface area contributed by atoms with E-state index in [2.05, 4.69) is 34.9 Å². The molecule has 0 aliphatic heterocycles. The fourth-order valence-corrected chi connectivity index (χ4v) is 3.58. The van der Waals surface area contributed by atoms with Gasteiger partial charge in [-0.1, -0.05) is 24.3 Å². The molecule has 1 aliphatic rings. The third kappa shape index (κ3) is 8.38. The van der Waals surface area contributed by atoms with Crippen molar-refractivity contribution in [2.24, 2.45) is 4.99 Å². The van der Waals surface area contributed by atoms with Gasteiger partial charge in [0, 0.05) is 38.8 Å². The lowest BCUT2D eigenvalue weighted by atomic mass is 9.88. The normalized spacial score (nSPS) is 16.0. The zero-order valence-electron chi connectivity index (χ0n) is 17.4. The molecule has 29 heavy (non-hydrogen) atoms. The molecule has 0 saturated carbocycles. The highest BCUT2D eigenvalue weighted by Gasteiger charge is 2.19. The second-order valence-electron chi connectivity index (χ2n) is 7.24. The van der Waals surface area contributed by atoms with Crippen LogP contribution >= 0.6 is 24.0 Å². The number of furan rings is 1. The first-order valence-corrected chi connectivity index (χ1v) is 10.6. The van der Waals surface area contributed by atoms with Gasteiger partial charge in [0.25, 0.3) is 0 Å². The van der Waals surface area contributed by atoms with E-state index in [0.29, 0.717) is 6.04 Å². The number of aliphatic imine (C=N–C) groups is 1. The average Bonchev–Trinajstić information content (AvgIpc) is 3.24. The van der Waals surface area contributed by atoms with Crippen LogP contribution < -0.4 is 10.6 Å². The first-order valence-electron chi connectivity index (χ1n) is 10.6. The summed E-state index contributed by atoms with van der Waals surface area (Å²) in [4.78, 5) is 4.80. The summed E-state index contributed by atoms with van der Waals surface area (Å²) in [7, 11) is 0. The van der Waals surface area contributed by atoms with Crippen molar-refractivity contribution in [3.05, 3.63) is 59.5 Å². The van der Waals surface area contributed by atoms with Crippen molar-refractivity contribution in [2.75, 3.05) is 26.3 Å². The Hall–Kier alpha value is -1.54. The standard InChI is InChI=1S/C23H33N3O2.HI/c1-2-27-16-6-5-14-24-23(25-15-13-22-10-7-17-28-22)26-21-12-11-19-8-3-4-9-20(19)18-21;/h3-4,7-10,17,21H,2,5-6,11-16,18H2,1H3,(H2,24,25,26);1H. The molecule has 0 spiro atoms. The van der Waals surface area contributed by atoms with E-state index in [9.17, 15) is 0 Å². The Bertz CT molecular complexity index is 719. The van der Waals surface area contributed by atoms with Crippen LogP contribution in [0.2, 0.25) is 0 Å². The highest BCUT2D eigenvalue weighted by atomic mass is 127. The van der Waals surface area contributed by atoms with Gasteiger partial charge in [-0.2, -0.15) is 0 Å². The molecule has 0 bridgehead atoms. The van der Waals surface area contributed by atoms with E-state index in [-0.39, 0.29) is 24.0 Å². The lowest BCUT2D eigenvalue weighted by Gasteiger charge is -2.27. The maximum atomic E-state index is 5.43. The van der Waals surface area contributed by atoms with Gasteiger partial charge in [0.05, 0.1) is 6.26 Å². The average molecular weight is 511 g/mol. The Labute approximate surface area is 191 Å². The van der Waals surface area contributed by atoms with E-state index in [4.69, 9.17) is 14.1 Å². The second kappa shape index (κ2) is 13.6. The van der Waals surface area contributed by atoms with Crippen LogP contribution in [0.1, 0.15) is 43.1 Å². The predicted octanol–water partition coefficient (Wildman–Crippen LogP) is 4.35. The number of hydrogen-bond donors (Lipinski definition) is 2. The number of nitrogens with zero attached hydrogens (tertiary/aromatic N) is 1. The molecule has 1 heterocycles. The molecule has 0 fully saturated rings. The minimum atomic E-state index is 0. The Morgan fingerprint density at radius 1 is 1.17 bits per heavy atom. The third-order valence-corrected chi connectivity index (χ3v) is 5.10. The smallest absolute Gasteiger partial charge is 0.191 e. The molecule has 1 aromatic heterocycles. The van der Waals surface area contributed by atoms with Crippen molar-refractivity contribution in [1.82, 2.24) is 10.6 Å². The molecule has 2 N–H and O–H groups in total. The molecule has 1 atom stereocenters. The van der Waals surface area contributed by atoms with E-state index < -0.39 is 0 Å². The zero-order chi connectivity index (χ0) is 19.4. The summed E-state index contributed by atoms with van der Waals surface area (Å²) in [6, 6.07) is 13.1. The fraction of sp³-hybridized carbons (Fsp3) is 0.522. The molecule has 6 heteroatoms. The van der Waals surface area contributed by atoms with Crippen LogP contribution in [0, 0.1) is 0 Å². The van der Waals surface area contributed by atoms with Crippen LogP contribution in [-0.2, 0) is 24.0 Å². The maximum Gasteiger partial charge on any atom is 0.191 e. The minimum Gasteiger partial charge on any atom is -0.469 e. The summed E-state index contributed by atoms with van der Waals surface area (Å²) in [6.45, 7) is 5.26. The number of fused-ring (bicyclic) bond motifs is 1. The molecule has 0 amide bonds. The van der Waals surface area contributed by atoms with Crippen molar-refractivity contribution in [1.29, 1.82) is 0 Å². The van der Waals surface area contributed by atoms with Gasteiger partial charge in [0.2, 0.25) is 0 Å². The van der Waals surface area contributed by atoms with Gasteiger partial charge >= 0.3 is 0 Å². The largest absolute Gasteiger partial charge is 0.469 e. The highest BCUT2D eigenvalue weighted by molar-refractivity contribution is 14.0. The summed E-state index contributed by atoms with van der Waals surface area (Å²) >= 11 is 0. The molecule has 1 unspecified atom stereocenters. The molecule has 1 aromatic carbocycles. The van der Waals surface area contributed by atoms with Crippen LogP contribution in [0.5, 0.6) is 0 Å². The molecule has 3 rings (SSSR count). The third-order valence-electron chi connectivity index (χ3n) is 5.10. The van der Waals surface area contributed by atoms with Gasteiger partial charge in [-0.15, -0.1) is 24.0 Å². The Morgan fingerprint density at radius 2 is 2.03 bits per heavy atom. The lowest BCUT2D eigenvalue weighted by Crippen LogP contribution is -2.46. The minimum absolute atomic E-state index is 0. The van der Waals surface area contributed by atoms with Gasteiger partial charge in [-0.25, -0.2) is 0 Å². The first kappa shape index (κ1) is 23.7. The molecule has 1 aliphatic carbocycles. The van der Waals surface area contributed by atoms with Crippen LogP contribution in [0.3, 0.4) is 0 Å². The molecular weight excluding hydrogens is 477 g/mol. The second-order valence-corrected chi connectivity index (χ2v) is 7.24. The van der Waals surface area contributed by atoms with Crippen LogP contribution in [0.4, 0.5) is 0 Å². The highest BCUT2D eigenvalue weighted by Crippen LogP contribution is 2.20. The topological polar surface area (TPSA) is 58.8 Å². The first-order chi connectivity index (χ1) is 13.8. The van der Waals surface area contributed by atoms with Crippen molar-refractivity contribution >= 4 is 29.9 Å². The van der Waals surface area contributed by atoms with E-state index in [1.165, 1.54) is 11.1 Å². The summed E-state index contributed by atoms with van der Waals surface area (Å²) < 4.78 is 10.8. The van der Waals surface area contributed by atoms with Gasteiger partial charge in [-0.05, 0) is 62.3 Å². The summed E-state index contributed by atoms with van der Waals surface area (Å²) in [5.74, 6) is 1.91. The van der Waals surface area contributed by atoms with E-state index in [0.717, 1.165) is 76.5 Å². The lowest BCUT2D eigenvalue weighted by molar-refractivity contribution is 0.144. The molecule has 2 aromatic rings. The number of halogens is 1. The zero-order valence-corrected chi connectivity index (χ0v) is 19.7. The van der Waals surface area contributed by atoms with Crippen molar-refractivity contribution < 1.29 is 9.15 Å². The van der Waals surface area contributed by atoms with Gasteiger partial charge in [-0.3, -0.25) is 4.99 Å². The Morgan fingerprint density at radius 3 is 2.83 bits per heavy atom. The number of benzene rings is 1. The molecule has 0 saturated heterocycles. The molecule has 0 radical (unpaired) electrons. The predicted molar refractivity (Wildman–Crippen MR) is 129 cm³/mol. The van der Waals surface area contributed by atoms with Gasteiger partial charge in [0.15, 0.2) is 5.96 Å². The summed E-state index contributed by atoms with van der Waals surface area (Å²) in [5.41, 5.74) is 2.94. The van der Waals surface area contributed by atoms with Crippen molar-refractivity contribution in [3.8, 4) is 0 Å². The number of nitrogens with one attached hydrogen (secondary N) is 2. The Balaban J connectivity index is 0.00000300.